The fraction of sp³-hybridized carbons (Fsp3) is 0.600. The van der Waals surface area contributed by atoms with Gasteiger partial charge in [0.05, 0.1) is 13.7 Å². The van der Waals surface area contributed by atoms with Crippen LogP contribution >= 0.6 is 0 Å². The largest absolute Gasteiger partial charge is 0.468 e. The minimum absolute atomic E-state index is 0.158. The van der Waals surface area contributed by atoms with Gasteiger partial charge in [-0.2, -0.15) is 0 Å². The Morgan fingerprint density at radius 2 is 1.73 bits per heavy atom. The fourth-order valence-electron chi connectivity index (χ4n) is 2.22. The minimum Gasteiger partial charge on any atom is -0.468 e. The van der Waals surface area contributed by atoms with Crippen molar-refractivity contribution < 1.29 is 19.1 Å². The number of benzene rings is 1. The van der Waals surface area contributed by atoms with Crippen LogP contribution in [-0.2, 0) is 20.8 Å². The highest BCUT2D eigenvalue weighted by Crippen LogP contribution is 2.08. The van der Waals surface area contributed by atoms with Gasteiger partial charge in [0, 0.05) is 19.1 Å². The van der Waals surface area contributed by atoms with E-state index in [1.165, 1.54) is 7.11 Å². The number of hydrogen-bond acceptors (Lipinski definition) is 5. The maximum atomic E-state index is 11.8. The lowest BCUT2D eigenvalue weighted by atomic mass is 10.2. The first-order chi connectivity index (χ1) is 12.2. The highest BCUT2D eigenvalue weighted by atomic mass is 16.6. The van der Waals surface area contributed by atoms with E-state index in [0.717, 1.165) is 5.56 Å². The molecule has 0 aliphatic rings. The second-order valence-corrected chi connectivity index (χ2v) is 6.78. The van der Waals surface area contributed by atoms with E-state index in [9.17, 15) is 9.59 Å². The zero-order chi connectivity index (χ0) is 20.2. The average Bonchev–Trinajstić information content (AvgIpc) is 2.55. The molecular formula is C20H34N2O4. The minimum atomic E-state index is -0.542. The monoisotopic (exact) mass is 366 g/mol. The van der Waals surface area contributed by atoms with Gasteiger partial charge < -0.3 is 14.8 Å². The molecule has 6 nitrogen and oxygen atoms in total. The van der Waals surface area contributed by atoms with Gasteiger partial charge in [-0.15, -0.1) is 0 Å². The number of nitrogens with zero attached hydrogens (tertiary/aromatic N) is 1. The summed E-state index contributed by atoms with van der Waals surface area (Å²) in [7, 11) is 1.37. The van der Waals surface area contributed by atoms with Crippen molar-refractivity contribution in [1.82, 2.24) is 10.2 Å². The van der Waals surface area contributed by atoms with Crippen molar-refractivity contribution in [3.8, 4) is 0 Å². The van der Waals surface area contributed by atoms with Crippen LogP contribution in [0.3, 0.4) is 0 Å². The molecule has 1 N–H and O–H groups in total. The Kier molecular flexibility index (Phi) is 11.3. The normalized spacial score (nSPS) is 11.8. The molecule has 0 spiro atoms. The summed E-state index contributed by atoms with van der Waals surface area (Å²) >= 11 is 0. The zero-order valence-electron chi connectivity index (χ0n) is 17.2. The van der Waals surface area contributed by atoms with Crippen molar-refractivity contribution in [2.24, 2.45) is 0 Å². The lowest BCUT2D eigenvalue weighted by Gasteiger charge is -2.26. The summed E-state index contributed by atoms with van der Waals surface area (Å²) in [4.78, 5) is 25.4. The molecular weight excluding hydrogens is 332 g/mol. The van der Waals surface area contributed by atoms with Crippen molar-refractivity contribution in [1.29, 1.82) is 0 Å². The van der Waals surface area contributed by atoms with E-state index in [4.69, 9.17) is 9.47 Å². The molecule has 0 aliphatic carbocycles. The molecule has 1 amide bonds. The van der Waals surface area contributed by atoms with Crippen LogP contribution in [0.25, 0.3) is 0 Å². The summed E-state index contributed by atoms with van der Waals surface area (Å²) in [6.07, 6.45) is -0.465. The van der Waals surface area contributed by atoms with Gasteiger partial charge in [0.25, 0.3) is 0 Å². The lowest BCUT2D eigenvalue weighted by Crippen LogP contribution is -2.45. The van der Waals surface area contributed by atoms with Gasteiger partial charge >= 0.3 is 12.1 Å². The number of nitrogens with one attached hydrogen (secondary N) is 1. The lowest BCUT2D eigenvalue weighted by molar-refractivity contribution is -0.142. The third kappa shape index (κ3) is 11.5. The molecule has 26 heavy (non-hydrogen) atoms. The summed E-state index contributed by atoms with van der Waals surface area (Å²) in [6.45, 7) is 12.6. The molecule has 0 saturated heterocycles. The van der Waals surface area contributed by atoms with Crippen molar-refractivity contribution in [3.05, 3.63) is 35.9 Å². The fourth-order valence-corrected chi connectivity index (χ4v) is 2.22. The second kappa shape index (κ2) is 12.3. The molecule has 0 aliphatic heterocycles. The molecule has 0 radical (unpaired) electrons. The van der Waals surface area contributed by atoms with E-state index in [2.05, 4.69) is 5.32 Å². The van der Waals surface area contributed by atoms with E-state index < -0.39 is 11.7 Å². The summed E-state index contributed by atoms with van der Waals surface area (Å²) in [5.41, 5.74) is 0.547. The van der Waals surface area contributed by atoms with E-state index >= 15 is 0 Å². The number of ether oxygens (including phenoxy) is 2. The molecule has 1 rings (SSSR count). The van der Waals surface area contributed by atoms with Crippen LogP contribution in [0.4, 0.5) is 4.79 Å². The molecule has 0 heterocycles. The summed E-state index contributed by atoms with van der Waals surface area (Å²) in [5, 5.41) is 2.79. The summed E-state index contributed by atoms with van der Waals surface area (Å²) in [5.74, 6) is -0.310. The molecule has 6 heteroatoms. The number of rotatable bonds is 7. The molecule has 1 atom stereocenters. The molecule has 0 bridgehead atoms. The van der Waals surface area contributed by atoms with E-state index in [0.29, 0.717) is 13.1 Å². The van der Waals surface area contributed by atoms with Crippen LogP contribution in [0.5, 0.6) is 0 Å². The van der Waals surface area contributed by atoms with Gasteiger partial charge in [0.2, 0.25) is 0 Å². The molecule has 1 aromatic rings. The number of amides is 1. The molecule has 0 fully saturated rings. The molecule has 1 aromatic carbocycles. The Balaban J connectivity index is 0.00000301. The van der Waals surface area contributed by atoms with Crippen molar-refractivity contribution in [3.63, 3.8) is 0 Å². The van der Waals surface area contributed by atoms with Crippen LogP contribution in [0, 0.1) is 0 Å². The van der Waals surface area contributed by atoms with Crippen LogP contribution < -0.4 is 5.32 Å². The smallest absolute Gasteiger partial charge is 0.407 e. The van der Waals surface area contributed by atoms with Crippen LogP contribution in [0.2, 0.25) is 0 Å². The maximum Gasteiger partial charge on any atom is 0.407 e. The molecule has 0 unspecified atom stereocenters. The average molecular weight is 367 g/mol. The number of carbonyl (C=O) groups excluding carboxylic acids is 2. The van der Waals surface area contributed by atoms with E-state index in [1.807, 2.05) is 76.8 Å². The Labute approximate surface area is 157 Å². The topological polar surface area (TPSA) is 67.9 Å². The van der Waals surface area contributed by atoms with Crippen molar-refractivity contribution >= 4 is 12.1 Å². The quantitative estimate of drug-likeness (QED) is 0.747. The van der Waals surface area contributed by atoms with Crippen LogP contribution in [0.15, 0.2) is 30.3 Å². The number of carbonyl (C=O) groups is 2. The van der Waals surface area contributed by atoms with Crippen LogP contribution in [0.1, 0.15) is 47.1 Å². The molecule has 0 aromatic heterocycles. The predicted molar refractivity (Wildman–Crippen MR) is 104 cm³/mol. The Morgan fingerprint density at radius 3 is 2.23 bits per heavy atom. The molecule has 148 valence electrons. The SMILES string of the molecule is CC.COC(=O)CN(Cc1ccccc1)C[C@H](C)NC(=O)OC(C)(C)C. The first-order valence-corrected chi connectivity index (χ1v) is 9.02. The van der Waals surface area contributed by atoms with E-state index in [-0.39, 0.29) is 18.6 Å². The Bertz CT molecular complexity index is 526. The number of esters is 1. The van der Waals surface area contributed by atoms with Gasteiger partial charge in [-0.05, 0) is 33.3 Å². The maximum absolute atomic E-state index is 11.8. The van der Waals surface area contributed by atoms with Gasteiger partial charge in [0.15, 0.2) is 0 Å². The van der Waals surface area contributed by atoms with Crippen molar-refractivity contribution in [2.75, 3.05) is 20.2 Å². The third-order valence-electron chi connectivity index (χ3n) is 3.12. The number of methoxy groups -OCH3 is 1. The van der Waals surface area contributed by atoms with Gasteiger partial charge in [-0.25, -0.2) is 4.79 Å². The third-order valence-corrected chi connectivity index (χ3v) is 3.12. The van der Waals surface area contributed by atoms with Crippen LogP contribution in [-0.4, -0.2) is 48.8 Å². The first kappa shape index (κ1) is 23.9. The zero-order valence-corrected chi connectivity index (χ0v) is 17.2. The van der Waals surface area contributed by atoms with Gasteiger partial charge in [0.1, 0.15) is 5.60 Å². The Hall–Kier alpha value is -2.08. The summed E-state index contributed by atoms with van der Waals surface area (Å²) < 4.78 is 10.0. The first-order valence-electron chi connectivity index (χ1n) is 9.02. The second-order valence-electron chi connectivity index (χ2n) is 6.78. The number of alkyl carbamates (subject to hydrolysis) is 1. The highest BCUT2D eigenvalue weighted by Gasteiger charge is 2.20. The Morgan fingerprint density at radius 1 is 1.15 bits per heavy atom. The van der Waals surface area contributed by atoms with E-state index in [1.54, 1.807) is 0 Å². The highest BCUT2D eigenvalue weighted by molar-refractivity contribution is 5.71. The summed E-state index contributed by atoms with van der Waals surface area (Å²) in [6, 6.07) is 9.67. The number of hydrogen-bond donors (Lipinski definition) is 1. The van der Waals surface area contributed by atoms with Crippen molar-refractivity contribution in [2.45, 2.75) is 59.7 Å². The van der Waals surface area contributed by atoms with Gasteiger partial charge in [-0.3, -0.25) is 9.69 Å². The molecule has 0 saturated carbocycles. The standard InChI is InChI=1S/C18H28N2O4.C2H6/c1-14(19-17(22)24-18(2,3)4)11-20(13-16(21)23-5)12-15-9-7-6-8-10-15;1-2/h6-10,14H,11-13H2,1-5H3,(H,19,22);1-2H3/t14-;/m0./s1. The van der Waals surface area contributed by atoms with Gasteiger partial charge in [-0.1, -0.05) is 44.2 Å². The predicted octanol–water partition coefficient (Wildman–Crippen LogP) is 3.60.